The molecule has 4 heteroatoms. The number of hydrogen-bond acceptors (Lipinski definition) is 4. The molecule has 0 saturated carbocycles. The Balaban J connectivity index is 2.15. The molecular weight excluding hydrogens is 228 g/mol. The summed E-state index contributed by atoms with van der Waals surface area (Å²) in [5.41, 5.74) is 7.37. The first kappa shape index (κ1) is 13.5. The molecule has 0 amide bonds. The molecule has 3 unspecified atom stereocenters. The molecule has 1 fully saturated rings. The molecule has 1 aromatic rings. The number of ether oxygens (including phenoxy) is 1. The van der Waals surface area contributed by atoms with Crippen molar-refractivity contribution >= 4 is 0 Å². The Morgan fingerprint density at radius 1 is 1.44 bits per heavy atom. The quantitative estimate of drug-likeness (QED) is 0.828. The van der Waals surface area contributed by atoms with Crippen LogP contribution in [-0.4, -0.2) is 48.5 Å². The van der Waals surface area contributed by atoms with Crippen molar-refractivity contribution in [2.45, 2.75) is 25.1 Å². The molecule has 1 aliphatic rings. The van der Waals surface area contributed by atoms with Crippen LogP contribution in [0, 0.1) is 0 Å². The van der Waals surface area contributed by atoms with Crippen LogP contribution < -0.4 is 5.73 Å². The first-order valence-electron chi connectivity index (χ1n) is 6.49. The summed E-state index contributed by atoms with van der Waals surface area (Å²) in [4.78, 5) is 2.31. The standard InChI is InChI=1S/C14H22N2O2/c1-11(15)14(12-5-3-2-4-6-12)16-7-8-18-13(9-16)10-17/h2-6,11,13-14,17H,7-10,15H2,1H3. The van der Waals surface area contributed by atoms with E-state index in [1.165, 1.54) is 5.56 Å². The van der Waals surface area contributed by atoms with Crippen molar-refractivity contribution in [1.82, 2.24) is 4.90 Å². The van der Waals surface area contributed by atoms with E-state index in [1.807, 2.05) is 25.1 Å². The van der Waals surface area contributed by atoms with Crippen LogP contribution in [0.2, 0.25) is 0 Å². The zero-order chi connectivity index (χ0) is 13.0. The zero-order valence-electron chi connectivity index (χ0n) is 10.8. The largest absolute Gasteiger partial charge is 0.394 e. The second-order valence-electron chi connectivity index (χ2n) is 4.88. The lowest BCUT2D eigenvalue weighted by atomic mass is 9.98. The highest BCUT2D eigenvalue weighted by molar-refractivity contribution is 5.20. The summed E-state index contributed by atoms with van der Waals surface area (Å²) in [6.45, 7) is 4.34. The van der Waals surface area contributed by atoms with E-state index in [0.29, 0.717) is 6.61 Å². The maximum atomic E-state index is 9.22. The predicted molar refractivity (Wildman–Crippen MR) is 71.2 cm³/mol. The number of nitrogens with zero attached hydrogens (tertiary/aromatic N) is 1. The third kappa shape index (κ3) is 3.09. The van der Waals surface area contributed by atoms with Gasteiger partial charge in [0.25, 0.3) is 0 Å². The molecule has 18 heavy (non-hydrogen) atoms. The van der Waals surface area contributed by atoms with E-state index in [9.17, 15) is 5.11 Å². The minimum absolute atomic E-state index is 0.0462. The normalized spacial score (nSPS) is 24.7. The Bertz CT molecular complexity index is 356. The van der Waals surface area contributed by atoms with E-state index in [1.54, 1.807) is 0 Å². The van der Waals surface area contributed by atoms with E-state index in [-0.39, 0.29) is 24.8 Å². The molecule has 1 aromatic carbocycles. The maximum Gasteiger partial charge on any atom is 0.0933 e. The van der Waals surface area contributed by atoms with Gasteiger partial charge in [-0.1, -0.05) is 30.3 Å². The fourth-order valence-corrected chi connectivity index (χ4v) is 2.60. The van der Waals surface area contributed by atoms with Gasteiger partial charge in [-0.05, 0) is 12.5 Å². The van der Waals surface area contributed by atoms with Crippen LogP contribution in [0.3, 0.4) is 0 Å². The molecule has 100 valence electrons. The summed E-state index contributed by atoms with van der Waals surface area (Å²) in [7, 11) is 0. The zero-order valence-corrected chi connectivity index (χ0v) is 10.8. The number of morpholine rings is 1. The van der Waals surface area contributed by atoms with Crippen molar-refractivity contribution in [3.63, 3.8) is 0 Å². The second-order valence-corrected chi connectivity index (χ2v) is 4.88. The van der Waals surface area contributed by atoms with E-state index in [2.05, 4.69) is 17.0 Å². The predicted octanol–water partition coefficient (Wildman–Crippen LogP) is 0.768. The SMILES string of the molecule is CC(N)C(c1ccccc1)N1CCOC(CO)C1. The van der Waals surface area contributed by atoms with Crippen LogP contribution in [0.25, 0.3) is 0 Å². The number of rotatable bonds is 4. The van der Waals surface area contributed by atoms with E-state index in [0.717, 1.165) is 13.1 Å². The van der Waals surface area contributed by atoms with E-state index >= 15 is 0 Å². The number of aliphatic hydroxyl groups excluding tert-OH is 1. The molecule has 0 aliphatic carbocycles. The highest BCUT2D eigenvalue weighted by Crippen LogP contribution is 2.25. The van der Waals surface area contributed by atoms with Gasteiger partial charge in [-0.15, -0.1) is 0 Å². The van der Waals surface area contributed by atoms with Crippen LogP contribution in [0.1, 0.15) is 18.5 Å². The first-order chi connectivity index (χ1) is 8.72. The van der Waals surface area contributed by atoms with Gasteiger partial charge in [-0.25, -0.2) is 0 Å². The smallest absolute Gasteiger partial charge is 0.0933 e. The Hall–Kier alpha value is -0.940. The number of benzene rings is 1. The topological polar surface area (TPSA) is 58.7 Å². The molecule has 1 saturated heterocycles. The summed E-state index contributed by atoms with van der Waals surface area (Å²) < 4.78 is 5.49. The fourth-order valence-electron chi connectivity index (χ4n) is 2.60. The van der Waals surface area contributed by atoms with Crippen LogP contribution in [-0.2, 0) is 4.74 Å². The minimum atomic E-state index is -0.0938. The third-order valence-corrected chi connectivity index (χ3v) is 3.41. The van der Waals surface area contributed by atoms with Gasteiger partial charge in [0.2, 0.25) is 0 Å². The van der Waals surface area contributed by atoms with Crippen molar-refractivity contribution in [3.05, 3.63) is 35.9 Å². The van der Waals surface area contributed by atoms with Crippen molar-refractivity contribution in [1.29, 1.82) is 0 Å². The van der Waals surface area contributed by atoms with Gasteiger partial charge >= 0.3 is 0 Å². The number of nitrogens with two attached hydrogens (primary N) is 1. The molecule has 0 aromatic heterocycles. The average molecular weight is 250 g/mol. The minimum Gasteiger partial charge on any atom is -0.394 e. The molecule has 1 heterocycles. The van der Waals surface area contributed by atoms with Gasteiger partial charge in [0.15, 0.2) is 0 Å². The Morgan fingerprint density at radius 2 is 2.17 bits per heavy atom. The lowest BCUT2D eigenvalue weighted by Gasteiger charge is -2.39. The molecule has 1 aliphatic heterocycles. The summed E-state index contributed by atoms with van der Waals surface area (Å²) in [5, 5.41) is 9.22. The fraction of sp³-hybridized carbons (Fsp3) is 0.571. The average Bonchev–Trinajstić information content (AvgIpc) is 2.40. The van der Waals surface area contributed by atoms with Crippen LogP contribution in [0.15, 0.2) is 30.3 Å². The summed E-state index contributed by atoms with van der Waals surface area (Å²) in [6.07, 6.45) is -0.0938. The van der Waals surface area contributed by atoms with Gasteiger partial charge < -0.3 is 15.6 Å². The van der Waals surface area contributed by atoms with Gasteiger partial charge in [0, 0.05) is 25.2 Å². The van der Waals surface area contributed by atoms with Gasteiger partial charge in [0.1, 0.15) is 0 Å². The van der Waals surface area contributed by atoms with Crippen LogP contribution in [0.5, 0.6) is 0 Å². The van der Waals surface area contributed by atoms with Crippen molar-refractivity contribution in [2.24, 2.45) is 5.73 Å². The Morgan fingerprint density at radius 3 is 2.78 bits per heavy atom. The van der Waals surface area contributed by atoms with E-state index in [4.69, 9.17) is 10.5 Å². The molecule has 3 atom stereocenters. The summed E-state index contributed by atoms with van der Waals surface area (Å²) in [5.74, 6) is 0. The van der Waals surface area contributed by atoms with Crippen molar-refractivity contribution in [3.8, 4) is 0 Å². The lowest BCUT2D eigenvalue weighted by molar-refractivity contribution is -0.0675. The summed E-state index contributed by atoms with van der Waals surface area (Å²) in [6, 6.07) is 10.5. The van der Waals surface area contributed by atoms with Crippen molar-refractivity contribution in [2.75, 3.05) is 26.3 Å². The van der Waals surface area contributed by atoms with Crippen LogP contribution >= 0.6 is 0 Å². The Kier molecular flexibility index (Phi) is 4.72. The van der Waals surface area contributed by atoms with Crippen LogP contribution in [0.4, 0.5) is 0 Å². The lowest BCUT2D eigenvalue weighted by Crippen LogP contribution is -2.49. The molecule has 3 N–H and O–H groups in total. The van der Waals surface area contributed by atoms with Crippen molar-refractivity contribution < 1.29 is 9.84 Å². The monoisotopic (exact) mass is 250 g/mol. The van der Waals surface area contributed by atoms with Gasteiger partial charge in [0.05, 0.1) is 19.3 Å². The molecule has 0 spiro atoms. The molecule has 2 rings (SSSR count). The molecule has 4 nitrogen and oxygen atoms in total. The van der Waals surface area contributed by atoms with Gasteiger partial charge in [-0.3, -0.25) is 4.90 Å². The third-order valence-electron chi connectivity index (χ3n) is 3.41. The molecule has 0 radical (unpaired) electrons. The Labute approximate surface area is 108 Å². The maximum absolute atomic E-state index is 9.22. The number of hydrogen-bond donors (Lipinski definition) is 2. The van der Waals surface area contributed by atoms with E-state index < -0.39 is 0 Å². The summed E-state index contributed by atoms with van der Waals surface area (Å²) >= 11 is 0. The molecular formula is C14H22N2O2. The highest BCUT2D eigenvalue weighted by atomic mass is 16.5. The highest BCUT2D eigenvalue weighted by Gasteiger charge is 2.29. The number of aliphatic hydroxyl groups is 1. The second kappa shape index (κ2) is 6.29. The first-order valence-corrected chi connectivity index (χ1v) is 6.49. The van der Waals surface area contributed by atoms with Gasteiger partial charge in [-0.2, -0.15) is 0 Å². The molecule has 0 bridgehead atoms.